The summed E-state index contributed by atoms with van der Waals surface area (Å²) in [7, 11) is 0. The molecule has 0 saturated carbocycles. The van der Waals surface area contributed by atoms with Gasteiger partial charge in [-0.2, -0.15) is 5.10 Å². The number of hydrogen-bond acceptors (Lipinski definition) is 3. The van der Waals surface area contributed by atoms with Crippen LogP contribution in [0.3, 0.4) is 0 Å². The van der Waals surface area contributed by atoms with Gasteiger partial charge in [0, 0.05) is 4.88 Å². The number of nitrogens with one attached hydrogen (secondary N) is 1. The number of aryl methyl sites for hydroxylation is 1. The highest BCUT2D eigenvalue weighted by Gasteiger charge is 2.12. The molecule has 1 N–H and O–H groups in total. The number of fused-ring (bicyclic) bond motifs is 1. The molecular formula is C17H14N2OS. The standard InChI is InChI=1S/C17H14N2OS/c1-12-8-9-13-5-2-3-7-15(13)16(12)17(20)19-18-11-14-6-4-10-21-14/h2-11H,1H3,(H,19,20)/b18-11-. The number of carbonyl (C=O) groups excluding carboxylic acids is 1. The Balaban J connectivity index is 1.89. The lowest BCUT2D eigenvalue weighted by atomic mass is 9.99. The van der Waals surface area contributed by atoms with Crippen molar-refractivity contribution in [3.63, 3.8) is 0 Å². The highest BCUT2D eigenvalue weighted by molar-refractivity contribution is 7.11. The molecule has 0 spiro atoms. The van der Waals surface area contributed by atoms with Crippen molar-refractivity contribution in [2.45, 2.75) is 6.92 Å². The third-order valence-electron chi connectivity index (χ3n) is 3.27. The molecule has 1 heterocycles. The number of carbonyl (C=O) groups is 1. The van der Waals surface area contributed by atoms with E-state index in [0.717, 1.165) is 21.2 Å². The first-order chi connectivity index (χ1) is 10.3. The van der Waals surface area contributed by atoms with Crippen molar-refractivity contribution in [3.05, 3.63) is 69.9 Å². The summed E-state index contributed by atoms with van der Waals surface area (Å²) in [5.41, 5.74) is 4.23. The number of hydrogen-bond donors (Lipinski definition) is 1. The average molecular weight is 294 g/mol. The monoisotopic (exact) mass is 294 g/mol. The first-order valence-electron chi connectivity index (χ1n) is 6.61. The van der Waals surface area contributed by atoms with E-state index in [0.29, 0.717) is 5.56 Å². The molecule has 104 valence electrons. The minimum absolute atomic E-state index is 0.183. The van der Waals surface area contributed by atoms with E-state index in [2.05, 4.69) is 10.5 Å². The molecule has 0 atom stereocenters. The molecule has 0 unspecified atom stereocenters. The molecule has 0 aliphatic carbocycles. The van der Waals surface area contributed by atoms with Gasteiger partial charge in [0.1, 0.15) is 0 Å². The highest BCUT2D eigenvalue weighted by atomic mass is 32.1. The summed E-state index contributed by atoms with van der Waals surface area (Å²) in [5, 5.41) is 7.99. The van der Waals surface area contributed by atoms with E-state index >= 15 is 0 Å². The van der Waals surface area contributed by atoms with Crippen LogP contribution < -0.4 is 5.43 Å². The molecule has 0 bridgehead atoms. The van der Waals surface area contributed by atoms with E-state index in [9.17, 15) is 4.79 Å². The van der Waals surface area contributed by atoms with E-state index < -0.39 is 0 Å². The Morgan fingerprint density at radius 3 is 2.81 bits per heavy atom. The Kier molecular flexibility index (Phi) is 3.79. The largest absolute Gasteiger partial charge is 0.272 e. The van der Waals surface area contributed by atoms with Crippen LogP contribution in [-0.2, 0) is 0 Å². The minimum Gasteiger partial charge on any atom is -0.267 e. The van der Waals surface area contributed by atoms with Gasteiger partial charge in [-0.3, -0.25) is 4.79 Å². The predicted octanol–water partition coefficient (Wildman–Crippen LogP) is 3.97. The fraction of sp³-hybridized carbons (Fsp3) is 0.0588. The number of benzene rings is 2. The Morgan fingerprint density at radius 1 is 1.14 bits per heavy atom. The molecular weight excluding hydrogens is 280 g/mol. The summed E-state index contributed by atoms with van der Waals surface area (Å²) in [6.45, 7) is 1.93. The summed E-state index contributed by atoms with van der Waals surface area (Å²) in [6.07, 6.45) is 1.66. The second-order valence-electron chi connectivity index (χ2n) is 4.69. The third-order valence-corrected chi connectivity index (χ3v) is 4.07. The summed E-state index contributed by atoms with van der Waals surface area (Å²) in [6, 6.07) is 15.7. The van der Waals surface area contributed by atoms with Crippen LogP contribution >= 0.6 is 11.3 Å². The zero-order chi connectivity index (χ0) is 14.7. The minimum atomic E-state index is -0.183. The summed E-state index contributed by atoms with van der Waals surface area (Å²) in [5.74, 6) is -0.183. The second-order valence-corrected chi connectivity index (χ2v) is 5.67. The van der Waals surface area contributed by atoms with Crippen LogP contribution in [0.5, 0.6) is 0 Å². The average Bonchev–Trinajstić information content (AvgIpc) is 3.00. The maximum Gasteiger partial charge on any atom is 0.272 e. The van der Waals surface area contributed by atoms with Crippen LogP contribution in [0.25, 0.3) is 10.8 Å². The highest BCUT2D eigenvalue weighted by Crippen LogP contribution is 2.22. The van der Waals surface area contributed by atoms with Crippen molar-refractivity contribution < 1.29 is 4.79 Å². The van der Waals surface area contributed by atoms with E-state index in [1.54, 1.807) is 17.6 Å². The molecule has 0 aliphatic heterocycles. The van der Waals surface area contributed by atoms with Gasteiger partial charge in [0.25, 0.3) is 5.91 Å². The summed E-state index contributed by atoms with van der Waals surface area (Å²) < 4.78 is 0. The van der Waals surface area contributed by atoms with Gasteiger partial charge in [0.2, 0.25) is 0 Å². The van der Waals surface area contributed by atoms with Crippen LogP contribution in [0.1, 0.15) is 20.8 Å². The molecule has 0 saturated heterocycles. The zero-order valence-electron chi connectivity index (χ0n) is 11.5. The number of nitrogens with zero attached hydrogens (tertiary/aromatic N) is 1. The van der Waals surface area contributed by atoms with Gasteiger partial charge in [-0.1, -0.05) is 42.5 Å². The van der Waals surface area contributed by atoms with Gasteiger partial charge in [-0.05, 0) is 34.7 Å². The number of hydrazone groups is 1. The van der Waals surface area contributed by atoms with E-state index in [-0.39, 0.29) is 5.91 Å². The van der Waals surface area contributed by atoms with Crippen LogP contribution in [0.4, 0.5) is 0 Å². The molecule has 21 heavy (non-hydrogen) atoms. The van der Waals surface area contributed by atoms with Gasteiger partial charge in [-0.15, -0.1) is 11.3 Å². The quantitative estimate of drug-likeness (QED) is 0.576. The lowest BCUT2D eigenvalue weighted by Gasteiger charge is -2.08. The van der Waals surface area contributed by atoms with Crippen molar-refractivity contribution >= 4 is 34.2 Å². The molecule has 0 radical (unpaired) electrons. The van der Waals surface area contributed by atoms with Gasteiger partial charge >= 0.3 is 0 Å². The molecule has 3 rings (SSSR count). The Bertz CT molecular complexity index is 807. The normalized spacial score (nSPS) is 11.1. The third kappa shape index (κ3) is 2.85. The smallest absolute Gasteiger partial charge is 0.267 e. The van der Waals surface area contributed by atoms with Crippen molar-refractivity contribution in [1.29, 1.82) is 0 Å². The van der Waals surface area contributed by atoms with Crippen molar-refractivity contribution in [3.8, 4) is 0 Å². The van der Waals surface area contributed by atoms with Gasteiger partial charge in [0.05, 0.1) is 11.8 Å². The van der Waals surface area contributed by atoms with Crippen LogP contribution in [0, 0.1) is 6.92 Å². The van der Waals surface area contributed by atoms with E-state index in [1.807, 2.05) is 60.8 Å². The zero-order valence-corrected chi connectivity index (χ0v) is 12.4. The molecule has 4 heteroatoms. The summed E-state index contributed by atoms with van der Waals surface area (Å²) >= 11 is 1.58. The maximum absolute atomic E-state index is 12.4. The van der Waals surface area contributed by atoms with Gasteiger partial charge in [-0.25, -0.2) is 5.43 Å². The fourth-order valence-electron chi connectivity index (χ4n) is 2.26. The predicted molar refractivity (Wildman–Crippen MR) is 88.1 cm³/mol. The van der Waals surface area contributed by atoms with Crippen molar-refractivity contribution in [1.82, 2.24) is 5.43 Å². The Labute approximate surface area is 126 Å². The number of amides is 1. The summed E-state index contributed by atoms with van der Waals surface area (Å²) in [4.78, 5) is 13.4. The lowest BCUT2D eigenvalue weighted by Crippen LogP contribution is -2.19. The number of thiophene rings is 1. The molecule has 0 fully saturated rings. The van der Waals surface area contributed by atoms with Crippen molar-refractivity contribution in [2.75, 3.05) is 0 Å². The molecule has 3 nitrogen and oxygen atoms in total. The fourth-order valence-corrected chi connectivity index (χ4v) is 2.84. The molecule has 1 aromatic heterocycles. The first kappa shape index (κ1) is 13.5. The molecule has 1 amide bonds. The van der Waals surface area contributed by atoms with E-state index in [1.165, 1.54) is 0 Å². The first-order valence-corrected chi connectivity index (χ1v) is 7.49. The molecule has 0 aliphatic rings. The Hall–Kier alpha value is -2.46. The Morgan fingerprint density at radius 2 is 2.00 bits per heavy atom. The van der Waals surface area contributed by atoms with Crippen LogP contribution in [-0.4, -0.2) is 12.1 Å². The topological polar surface area (TPSA) is 41.5 Å². The van der Waals surface area contributed by atoms with Crippen LogP contribution in [0.2, 0.25) is 0 Å². The number of rotatable bonds is 3. The van der Waals surface area contributed by atoms with Crippen LogP contribution in [0.15, 0.2) is 59.0 Å². The van der Waals surface area contributed by atoms with E-state index in [4.69, 9.17) is 0 Å². The molecule has 3 aromatic rings. The van der Waals surface area contributed by atoms with Crippen molar-refractivity contribution in [2.24, 2.45) is 5.10 Å². The van der Waals surface area contributed by atoms with Gasteiger partial charge < -0.3 is 0 Å². The second kappa shape index (κ2) is 5.89. The lowest BCUT2D eigenvalue weighted by molar-refractivity contribution is 0.0956. The maximum atomic E-state index is 12.4. The SMILES string of the molecule is Cc1ccc2ccccc2c1C(=O)N/N=C\c1cccs1. The molecule has 2 aromatic carbocycles. The van der Waals surface area contributed by atoms with Gasteiger partial charge in [0.15, 0.2) is 0 Å².